The molecule has 6 heteroatoms. The van der Waals surface area contributed by atoms with Crippen LogP contribution >= 0.6 is 12.4 Å². The Morgan fingerprint density at radius 3 is 2.70 bits per heavy atom. The highest BCUT2D eigenvalue weighted by molar-refractivity contribution is 5.91. The van der Waals surface area contributed by atoms with Gasteiger partial charge in [-0.1, -0.05) is 6.92 Å². The highest BCUT2D eigenvalue weighted by atomic mass is 35.5. The van der Waals surface area contributed by atoms with Crippen LogP contribution < -0.4 is 20.1 Å². The predicted molar refractivity (Wildman–Crippen MR) is 94.8 cm³/mol. The minimum atomic E-state index is 0. The monoisotopic (exact) mass is 342 g/mol. The van der Waals surface area contributed by atoms with Gasteiger partial charge in [-0.05, 0) is 49.9 Å². The van der Waals surface area contributed by atoms with E-state index in [-0.39, 0.29) is 18.3 Å². The fourth-order valence-corrected chi connectivity index (χ4v) is 2.95. The van der Waals surface area contributed by atoms with Crippen molar-refractivity contribution in [1.29, 1.82) is 0 Å². The maximum absolute atomic E-state index is 12.2. The highest BCUT2D eigenvalue weighted by Crippen LogP contribution is 2.30. The Hall–Kier alpha value is -1.46. The Bertz CT molecular complexity index is 505. The number of anilines is 1. The SMILES string of the molecule is COc1ccc(NC(=O)CC(C)C2CCCNC2)cc1OC.Cl. The van der Waals surface area contributed by atoms with Gasteiger partial charge in [0.2, 0.25) is 5.91 Å². The zero-order chi connectivity index (χ0) is 15.9. The molecule has 2 atom stereocenters. The van der Waals surface area contributed by atoms with E-state index in [1.165, 1.54) is 12.8 Å². The minimum absolute atomic E-state index is 0. The quantitative estimate of drug-likeness (QED) is 0.834. The van der Waals surface area contributed by atoms with Gasteiger partial charge in [0.05, 0.1) is 14.2 Å². The van der Waals surface area contributed by atoms with Crippen LogP contribution in [0.5, 0.6) is 11.5 Å². The zero-order valence-corrected chi connectivity index (χ0v) is 14.9. The summed E-state index contributed by atoms with van der Waals surface area (Å²) in [5, 5.41) is 6.35. The van der Waals surface area contributed by atoms with Crippen LogP contribution in [0.2, 0.25) is 0 Å². The second kappa shape index (κ2) is 9.63. The van der Waals surface area contributed by atoms with Gasteiger partial charge in [0.15, 0.2) is 11.5 Å². The summed E-state index contributed by atoms with van der Waals surface area (Å²) in [6.45, 7) is 4.28. The third kappa shape index (κ3) is 5.59. The van der Waals surface area contributed by atoms with Gasteiger partial charge in [-0.25, -0.2) is 0 Å². The molecule has 2 rings (SSSR count). The molecule has 0 saturated carbocycles. The molecule has 1 aromatic carbocycles. The number of halogens is 1. The van der Waals surface area contributed by atoms with Gasteiger partial charge in [-0.2, -0.15) is 0 Å². The summed E-state index contributed by atoms with van der Waals surface area (Å²) in [5.41, 5.74) is 0.733. The van der Waals surface area contributed by atoms with E-state index >= 15 is 0 Å². The van der Waals surface area contributed by atoms with Crippen molar-refractivity contribution in [2.75, 3.05) is 32.6 Å². The number of methoxy groups -OCH3 is 2. The molecule has 0 aromatic heterocycles. The molecule has 1 fully saturated rings. The molecule has 1 amide bonds. The van der Waals surface area contributed by atoms with E-state index in [2.05, 4.69) is 17.6 Å². The average molecular weight is 343 g/mol. The Morgan fingerprint density at radius 2 is 2.09 bits per heavy atom. The second-order valence-corrected chi connectivity index (χ2v) is 5.91. The van der Waals surface area contributed by atoms with Gasteiger partial charge in [0.25, 0.3) is 0 Å². The highest BCUT2D eigenvalue weighted by Gasteiger charge is 2.22. The van der Waals surface area contributed by atoms with Crippen LogP contribution in [-0.4, -0.2) is 33.2 Å². The molecule has 23 heavy (non-hydrogen) atoms. The predicted octanol–water partition coefficient (Wildman–Crippen LogP) is 3.09. The first-order valence-corrected chi connectivity index (χ1v) is 7.86. The Labute approximate surface area is 144 Å². The second-order valence-electron chi connectivity index (χ2n) is 5.91. The van der Waals surface area contributed by atoms with Crippen molar-refractivity contribution in [1.82, 2.24) is 5.32 Å². The van der Waals surface area contributed by atoms with Crippen LogP contribution in [0.15, 0.2) is 18.2 Å². The number of amides is 1. The summed E-state index contributed by atoms with van der Waals surface area (Å²) in [7, 11) is 3.18. The molecule has 1 aliphatic rings. The average Bonchev–Trinajstić information content (AvgIpc) is 2.55. The number of hydrogen-bond acceptors (Lipinski definition) is 4. The van der Waals surface area contributed by atoms with Crippen molar-refractivity contribution in [3.05, 3.63) is 18.2 Å². The van der Waals surface area contributed by atoms with Gasteiger partial charge in [-0.15, -0.1) is 12.4 Å². The first-order valence-electron chi connectivity index (χ1n) is 7.86. The van der Waals surface area contributed by atoms with E-state index in [4.69, 9.17) is 9.47 Å². The lowest BCUT2D eigenvalue weighted by Gasteiger charge is -2.28. The number of carbonyl (C=O) groups is 1. The molecule has 0 aliphatic carbocycles. The zero-order valence-electron chi connectivity index (χ0n) is 14.1. The summed E-state index contributed by atoms with van der Waals surface area (Å²) in [6.07, 6.45) is 2.95. The van der Waals surface area contributed by atoms with Crippen LogP contribution in [0.3, 0.4) is 0 Å². The first-order chi connectivity index (χ1) is 10.6. The van der Waals surface area contributed by atoms with E-state index in [0.717, 1.165) is 18.8 Å². The number of benzene rings is 1. The molecule has 0 spiro atoms. The maximum atomic E-state index is 12.2. The fourth-order valence-electron chi connectivity index (χ4n) is 2.95. The molecule has 0 radical (unpaired) electrons. The molecule has 2 N–H and O–H groups in total. The van der Waals surface area contributed by atoms with Gasteiger partial charge in [0, 0.05) is 18.2 Å². The van der Waals surface area contributed by atoms with Gasteiger partial charge >= 0.3 is 0 Å². The van der Waals surface area contributed by atoms with Crippen LogP contribution in [0, 0.1) is 11.8 Å². The lowest BCUT2D eigenvalue weighted by atomic mass is 9.85. The molecule has 0 bridgehead atoms. The number of hydrogen-bond donors (Lipinski definition) is 2. The van der Waals surface area contributed by atoms with Crippen molar-refractivity contribution in [3.63, 3.8) is 0 Å². The molecule has 1 aromatic rings. The van der Waals surface area contributed by atoms with E-state index in [9.17, 15) is 4.79 Å². The molecule has 130 valence electrons. The van der Waals surface area contributed by atoms with Crippen LogP contribution in [0.4, 0.5) is 5.69 Å². The van der Waals surface area contributed by atoms with Gasteiger partial charge < -0.3 is 20.1 Å². The fraction of sp³-hybridized carbons (Fsp3) is 0.588. The lowest BCUT2D eigenvalue weighted by Crippen LogP contribution is -2.34. The molecule has 1 aliphatic heterocycles. The van der Waals surface area contributed by atoms with Crippen LogP contribution in [0.1, 0.15) is 26.2 Å². The first kappa shape index (κ1) is 19.6. The number of carbonyl (C=O) groups excluding carboxylic acids is 1. The Balaban J connectivity index is 0.00000264. The summed E-state index contributed by atoms with van der Waals surface area (Å²) in [4.78, 5) is 12.2. The number of nitrogens with one attached hydrogen (secondary N) is 2. The lowest BCUT2D eigenvalue weighted by molar-refractivity contribution is -0.117. The Morgan fingerprint density at radius 1 is 1.35 bits per heavy atom. The topological polar surface area (TPSA) is 59.6 Å². The van der Waals surface area contributed by atoms with Crippen molar-refractivity contribution in [2.24, 2.45) is 11.8 Å². The van der Waals surface area contributed by atoms with E-state index in [1.54, 1.807) is 26.4 Å². The summed E-state index contributed by atoms with van der Waals surface area (Å²) in [6, 6.07) is 5.40. The summed E-state index contributed by atoms with van der Waals surface area (Å²) < 4.78 is 10.4. The number of ether oxygens (including phenoxy) is 2. The molecule has 1 heterocycles. The summed E-state index contributed by atoms with van der Waals surface area (Å²) in [5.74, 6) is 2.29. The van der Waals surface area contributed by atoms with Gasteiger partial charge in [0.1, 0.15) is 0 Å². The third-order valence-electron chi connectivity index (χ3n) is 4.31. The van der Waals surface area contributed by atoms with Crippen molar-refractivity contribution in [2.45, 2.75) is 26.2 Å². The molecular weight excluding hydrogens is 316 g/mol. The largest absolute Gasteiger partial charge is 0.493 e. The maximum Gasteiger partial charge on any atom is 0.224 e. The minimum Gasteiger partial charge on any atom is -0.493 e. The van der Waals surface area contributed by atoms with Gasteiger partial charge in [-0.3, -0.25) is 4.79 Å². The van der Waals surface area contributed by atoms with Crippen LogP contribution in [-0.2, 0) is 4.79 Å². The van der Waals surface area contributed by atoms with E-state index in [0.29, 0.717) is 29.8 Å². The normalized spacial score (nSPS) is 18.5. The van der Waals surface area contributed by atoms with Crippen molar-refractivity contribution in [3.8, 4) is 11.5 Å². The van der Waals surface area contributed by atoms with Crippen molar-refractivity contribution < 1.29 is 14.3 Å². The van der Waals surface area contributed by atoms with Crippen LogP contribution in [0.25, 0.3) is 0 Å². The van der Waals surface area contributed by atoms with E-state index in [1.807, 2.05) is 6.07 Å². The van der Waals surface area contributed by atoms with Crippen molar-refractivity contribution >= 4 is 24.0 Å². The third-order valence-corrected chi connectivity index (χ3v) is 4.31. The molecular formula is C17H27ClN2O3. The molecule has 2 unspecified atom stereocenters. The Kier molecular flexibility index (Phi) is 8.20. The smallest absolute Gasteiger partial charge is 0.224 e. The number of rotatable bonds is 6. The molecule has 5 nitrogen and oxygen atoms in total. The molecule has 1 saturated heterocycles. The van der Waals surface area contributed by atoms with E-state index < -0.39 is 0 Å². The number of piperidine rings is 1. The standard InChI is InChI=1S/C17H26N2O3.ClH/c1-12(13-5-4-8-18-11-13)9-17(20)19-14-6-7-15(21-2)16(10-14)22-3;/h6-7,10,12-13,18H,4-5,8-9,11H2,1-3H3,(H,19,20);1H. The summed E-state index contributed by atoms with van der Waals surface area (Å²) >= 11 is 0.